The summed E-state index contributed by atoms with van der Waals surface area (Å²) in [6.45, 7) is -5.33. The molecule has 6 nitrogen and oxygen atoms in total. The molecule has 0 aliphatic rings. The summed E-state index contributed by atoms with van der Waals surface area (Å²) in [6.07, 6.45) is 14.6. The molecule has 6 N–H and O–H groups in total. The summed E-state index contributed by atoms with van der Waals surface area (Å²) in [5, 5.41) is 0. The summed E-state index contributed by atoms with van der Waals surface area (Å²) >= 11 is 9.43. The maximum absolute atomic E-state index is 7.56. The standard InChI is InChI=1S/C12H25.Mo.2H3O3PS/c1-3-5-7-9-11-12-10-8-6-4-2;;2*1-4(2,3)5/h1,3-12H2,2H3;;2*(H3,1,2,3,5). The number of hydrogen-bond acceptors (Lipinski definition) is 2. The van der Waals surface area contributed by atoms with Crippen molar-refractivity contribution < 1.29 is 49.2 Å². The van der Waals surface area contributed by atoms with Gasteiger partial charge in [0.15, 0.2) is 0 Å². The van der Waals surface area contributed by atoms with Crippen LogP contribution in [0.25, 0.3) is 0 Å². The summed E-state index contributed by atoms with van der Waals surface area (Å²) in [5.41, 5.74) is 0. The molecule has 0 heterocycles. The molecule has 0 saturated heterocycles. The third-order valence-electron chi connectivity index (χ3n) is 2.50. The Morgan fingerprint density at radius 3 is 1.04 bits per heavy atom. The van der Waals surface area contributed by atoms with E-state index in [4.69, 9.17) is 29.4 Å². The van der Waals surface area contributed by atoms with E-state index in [1.807, 2.05) is 0 Å². The molecule has 0 fully saturated rings. The Labute approximate surface area is 161 Å². The van der Waals surface area contributed by atoms with Crippen LogP contribution < -0.4 is 0 Å². The van der Waals surface area contributed by atoms with E-state index in [9.17, 15) is 0 Å². The van der Waals surface area contributed by atoms with Gasteiger partial charge in [0.2, 0.25) is 0 Å². The summed E-state index contributed by atoms with van der Waals surface area (Å²) in [4.78, 5) is 46.7. The molecule has 143 valence electrons. The van der Waals surface area contributed by atoms with E-state index in [0.29, 0.717) is 0 Å². The topological polar surface area (TPSA) is 121 Å². The van der Waals surface area contributed by atoms with Crippen molar-refractivity contribution in [3.05, 3.63) is 0 Å². The van der Waals surface area contributed by atoms with Crippen LogP contribution in [0.3, 0.4) is 0 Å². The quantitative estimate of drug-likeness (QED) is 0.156. The van der Waals surface area contributed by atoms with E-state index in [1.54, 1.807) is 0 Å². The van der Waals surface area contributed by atoms with Crippen LogP contribution >= 0.6 is 13.4 Å². The van der Waals surface area contributed by atoms with Crippen molar-refractivity contribution >= 4 is 37.1 Å². The number of hydrogen-bond donors (Lipinski definition) is 6. The monoisotopic (exact) mass is 495 g/mol. The Kier molecular flexibility index (Phi) is 25.7. The van der Waals surface area contributed by atoms with Crippen LogP contribution in [0, 0.1) is 0 Å². The van der Waals surface area contributed by atoms with E-state index < -0.39 is 13.4 Å². The normalized spacial score (nSPS) is 11.1. The molecule has 0 rings (SSSR count). The minimum absolute atomic E-state index is 1.37. The van der Waals surface area contributed by atoms with Gasteiger partial charge in [0.1, 0.15) is 0 Å². The first-order valence-corrected chi connectivity index (χ1v) is 14.3. The van der Waals surface area contributed by atoms with Crippen LogP contribution in [-0.2, 0) is 43.4 Å². The predicted octanol–water partition coefficient (Wildman–Crippen LogP) is 3.25. The molecule has 0 radical (unpaired) electrons. The van der Waals surface area contributed by atoms with Gasteiger partial charge >= 0.3 is 109 Å². The van der Waals surface area contributed by atoms with Gasteiger partial charge in [-0.15, -0.1) is 0 Å². The number of unbranched alkanes of at least 4 members (excludes halogenated alkanes) is 9. The van der Waals surface area contributed by atoms with E-state index in [-0.39, 0.29) is 0 Å². The molecule has 0 aliphatic heterocycles. The van der Waals surface area contributed by atoms with Gasteiger partial charge in [-0.2, -0.15) is 0 Å². The first-order valence-electron chi connectivity index (χ1n) is 7.56. The van der Waals surface area contributed by atoms with Crippen molar-refractivity contribution in [2.75, 3.05) is 0 Å². The van der Waals surface area contributed by atoms with Crippen LogP contribution in [-0.4, -0.2) is 29.4 Å². The van der Waals surface area contributed by atoms with Crippen LogP contribution in [0.1, 0.15) is 71.1 Å². The first-order chi connectivity index (χ1) is 10.4. The molecule has 0 atom stereocenters. The van der Waals surface area contributed by atoms with Gasteiger partial charge in [0.05, 0.1) is 0 Å². The molecule has 0 saturated carbocycles. The molecule has 0 aromatic carbocycles. The fourth-order valence-electron chi connectivity index (χ4n) is 1.59. The third-order valence-corrected chi connectivity index (χ3v) is 3.21. The van der Waals surface area contributed by atoms with E-state index >= 15 is 0 Å². The van der Waals surface area contributed by atoms with Crippen molar-refractivity contribution in [1.29, 1.82) is 0 Å². The van der Waals surface area contributed by atoms with Crippen molar-refractivity contribution in [3.8, 4) is 0 Å². The Balaban J connectivity index is -0.000000329. The van der Waals surface area contributed by atoms with Gasteiger partial charge in [-0.25, -0.2) is 0 Å². The maximum atomic E-state index is 7.56. The van der Waals surface area contributed by atoms with E-state index in [2.05, 4.69) is 50.4 Å². The number of rotatable bonds is 10. The zero-order valence-corrected chi connectivity index (χ0v) is 19.0. The molecular weight excluding hydrogens is 462 g/mol. The average molecular weight is 493 g/mol. The Morgan fingerprint density at radius 1 is 0.609 bits per heavy atom. The van der Waals surface area contributed by atoms with Crippen molar-refractivity contribution in [3.63, 3.8) is 0 Å². The van der Waals surface area contributed by atoms with Gasteiger partial charge in [-0.1, -0.05) is 0 Å². The summed E-state index contributed by atoms with van der Waals surface area (Å²) < 4.78 is 0. The molecule has 0 aromatic rings. The Morgan fingerprint density at radius 2 is 0.826 bits per heavy atom. The van der Waals surface area contributed by atoms with E-state index in [1.165, 1.54) is 69.0 Å². The molecule has 0 unspecified atom stereocenters. The summed E-state index contributed by atoms with van der Waals surface area (Å²) in [6, 6.07) is 0. The second-order valence-corrected chi connectivity index (χ2v) is 10.9. The molecule has 0 amide bonds. The summed E-state index contributed by atoms with van der Waals surface area (Å²) in [5.74, 6) is 0. The molecule has 11 heteroatoms. The fourth-order valence-corrected chi connectivity index (χ4v) is 2.09. The Hall–Kier alpha value is 1.75. The van der Waals surface area contributed by atoms with E-state index in [0.717, 1.165) is 0 Å². The van der Waals surface area contributed by atoms with Gasteiger partial charge in [0, 0.05) is 0 Å². The van der Waals surface area contributed by atoms with Gasteiger partial charge in [-0.3, -0.25) is 0 Å². The zero-order chi connectivity index (χ0) is 18.8. The van der Waals surface area contributed by atoms with Gasteiger partial charge in [0.25, 0.3) is 0 Å². The van der Waals surface area contributed by atoms with Gasteiger partial charge in [-0.05, 0) is 23.6 Å². The molecular formula is C12H31MoO6P2S2. The van der Waals surface area contributed by atoms with Crippen molar-refractivity contribution in [1.82, 2.24) is 0 Å². The minimum Gasteiger partial charge on any atom is -0.325 e. The third kappa shape index (κ3) is 81.4. The second-order valence-electron chi connectivity index (χ2n) is 4.91. The van der Waals surface area contributed by atoms with Crippen molar-refractivity contribution in [2.45, 2.75) is 75.9 Å². The average Bonchev–Trinajstić information content (AvgIpc) is 2.33. The predicted molar refractivity (Wildman–Crippen MR) is 98.5 cm³/mol. The Bertz CT molecular complexity index is 278. The van der Waals surface area contributed by atoms with Crippen LogP contribution in [0.4, 0.5) is 0 Å². The SMILES string of the molecule is CCCCCCCCCCC[CH2][Mo].OP(O)(O)=S.OP(O)(O)=S. The van der Waals surface area contributed by atoms with Crippen molar-refractivity contribution in [2.24, 2.45) is 0 Å². The summed E-state index contributed by atoms with van der Waals surface area (Å²) in [7, 11) is 0. The first kappa shape index (κ1) is 29.5. The molecule has 0 aliphatic carbocycles. The fraction of sp³-hybridized carbons (Fsp3) is 1.00. The molecule has 0 bridgehead atoms. The largest absolute Gasteiger partial charge is 0.325 e. The molecule has 23 heavy (non-hydrogen) atoms. The minimum atomic E-state index is -3.81. The smallest absolute Gasteiger partial charge is 0.319 e. The second kappa shape index (κ2) is 20.1. The van der Waals surface area contributed by atoms with Crippen LogP contribution in [0.2, 0.25) is 4.81 Å². The molecule has 0 aromatic heterocycles. The zero-order valence-electron chi connectivity index (χ0n) is 13.6. The van der Waals surface area contributed by atoms with Gasteiger partial charge < -0.3 is 29.4 Å². The maximum Gasteiger partial charge on any atom is 0.319 e. The molecule has 0 spiro atoms. The van der Waals surface area contributed by atoms with Crippen LogP contribution in [0.5, 0.6) is 0 Å². The van der Waals surface area contributed by atoms with Crippen LogP contribution in [0.15, 0.2) is 0 Å².